The Bertz CT molecular complexity index is 2400. The van der Waals surface area contributed by atoms with Gasteiger partial charge >= 0.3 is 5.97 Å². The van der Waals surface area contributed by atoms with Gasteiger partial charge in [0.15, 0.2) is 11.4 Å². The van der Waals surface area contributed by atoms with Crippen LogP contribution in [0.5, 0.6) is 0 Å². The van der Waals surface area contributed by atoms with E-state index < -0.39 is 5.97 Å². The highest BCUT2D eigenvalue weighted by atomic mass is 16.4. The number of β-amino-alcohol motifs (C(OH)–C–C–N with tert-alkyl or cyclic N) is 1. The molecule has 53 heavy (non-hydrogen) atoms. The average Bonchev–Trinajstić information content (AvgIpc) is 3.92. The van der Waals surface area contributed by atoms with Crippen molar-refractivity contribution in [1.82, 2.24) is 25.2 Å². The number of aromatic nitrogens is 3. The van der Waals surface area contributed by atoms with Crippen LogP contribution in [0, 0.1) is 31.1 Å². The zero-order valence-electron chi connectivity index (χ0n) is 29.8. The van der Waals surface area contributed by atoms with E-state index in [0.717, 1.165) is 81.5 Å². The third-order valence-electron chi connectivity index (χ3n) is 10.8. The number of carboxylic acid groups (broad SMARTS) is 1. The number of fused-ring (bicyclic) bond motifs is 2. The molecule has 2 aliphatic rings. The minimum atomic E-state index is -0.738. The van der Waals surface area contributed by atoms with Crippen LogP contribution in [0.3, 0.4) is 0 Å². The summed E-state index contributed by atoms with van der Waals surface area (Å²) in [5.41, 5.74) is 10.2. The van der Waals surface area contributed by atoms with Crippen molar-refractivity contribution in [2.75, 3.05) is 18.4 Å². The van der Waals surface area contributed by atoms with Gasteiger partial charge < -0.3 is 25.3 Å². The first-order valence-electron chi connectivity index (χ1n) is 18.1. The van der Waals surface area contributed by atoms with Gasteiger partial charge in [0, 0.05) is 61.3 Å². The predicted molar refractivity (Wildman–Crippen MR) is 203 cm³/mol. The van der Waals surface area contributed by atoms with Gasteiger partial charge in [-0.2, -0.15) is 5.26 Å². The number of carbonyl (C=O) groups is 1. The molecule has 3 aromatic heterocycles. The predicted octanol–water partition coefficient (Wildman–Crippen LogP) is 7.25. The van der Waals surface area contributed by atoms with Crippen molar-refractivity contribution < 1.29 is 19.4 Å². The zero-order chi connectivity index (χ0) is 36.6. The van der Waals surface area contributed by atoms with Crippen LogP contribution < -0.4 is 10.6 Å². The van der Waals surface area contributed by atoms with Crippen molar-refractivity contribution in [2.24, 2.45) is 5.92 Å². The molecule has 0 unspecified atom stereocenters. The fourth-order valence-electron chi connectivity index (χ4n) is 7.89. The molecule has 1 saturated heterocycles. The molecular weight excluding hydrogens is 667 g/mol. The molecule has 268 valence electrons. The number of hydrogen-bond donors (Lipinski definition) is 4. The van der Waals surface area contributed by atoms with Gasteiger partial charge in [0.2, 0.25) is 5.89 Å². The van der Waals surface area contributed by atoms with E-state index in [2.05, 4.69) is 58.6 Å². The van der Waals surface area contributed by atoms with Crippen molar-refractivity contribution in [3.63, 3.8) is 0 Å². The molecule has 0 radical (unpaired) electrons. The summed E-state index contributed by atoms with van der Waals surface area (Å²) >= 11 is 0. The maximum Gasteiger partial charge on any atom is 0.306 e. The van der Waals surface area contributed by atoms with E-state index in [0.29, 0.717) is 54.3 Å². The number of aliphatic hydroxyl groups excluding tert-OH is 1. The van der Waals surface area contributed by atoms with Crippen LogP contribution in [0.1, 0.15) is 53.5 Å². The number of oxazole rings is 1. The molecule has 11 heteroatoms. The lowest BCUT2D eigenvalue weighted by atomic mass is 9.93. The Kier molecular flexibility index (Phi) is 9.35. The van der Waals surface area contributed by atoms with Crippen molar-refractivity contribution in [2.45, 2.75) is 64.8 Å². The fourth-order valence-corrected chi connectivity index (χ4v) is 7.89. The molecule has 3 atom stereocenters. The monoisotopic (exact) mass is 707 g/mol. The number of pyridine rings is 2. The lowest BCUT2D eigenvalue weighted by molar-refractivity contribution is -0.141. The minimum Gasteiger partial charge on any atom is -0.481 e. The molecule has 1 saturated carbocycles. The van der Waals surface area contributed by atoms with Crippen LogP contribution in [0.15, 0.2) is 77.5 Å². The van der Waals surface area contributed by atoms with Gasteiger partial charge in [0.25, 0.3) is 0 Å². The highest BCUT2D eigenvalue weighted by Crippen LogP contribution is 2.38. The van der Waals surface area contributed by atoms with E-state index in [4.69, 9.17) is 14.4 Å². The van der Waals surface area contributed by atoms with E-state index in [1.807, 2.05) is 48.7 Å². The summed E-state index contributed by atoms with van der Waals surface area (Å²) < 4.78 is 6.28. The number of nitriles is 1. The number of aliphatic carboxylic acids is 1. The molecule has 2 fully saturated rings. The van der Waals surface area contributed by atoms with Gasteiger partial charge in [-0.3, -0.25) is 14.7 Å². The Morgan fingerprint density at radius 1 is 1.00 bits per heavy atom. The summed E-state index contributed by atoms with van der Waals surface area (Å²) in [6.07, 6.45) is 6.35. The highest BCUT2D eigenvalue weighted by Gasteiger charge is 2.29. The molecule has 0 amide bonds. The third-order valence-corrected chi connectivity index (χ3v) is 10.8. The molecule has 1 aliphatic heterocycles. The number of aliphatic hydroxyl groups is 1. The number of hydrogen-bond acceptors (Lipinski definition) is 10. The van der Waals surface area contributed by atoms with Crippen molar-refractivity contribution in [3.05, 3.63) is 101 Å². The Morgan fingerprint density at radius 2 is 1.81 bits per heavy atom. The first-order chi connectivity index (χ1) is 25.7. The topological polar surface area (TPSA) is 160 Å². The molecule has 8 rings (SSSR count). The highest BCUT2D eigenvalue weighted by molar-refractivity contribution is 5.91. The van der Waals surface area contributed by atoms with Crippen LogP contribution in [0.25, 0.3) is 44.6 Å². The van der Waals surface area contributed by atoms with Gasteiger partial charge in [0.05, 0.1) is 17.6 Å². The van der Waals surface area contributed by atoms with Gasteiger partial charge in [0.1, 0.15) is 17.1 Å². The number of nitrogens with one attached hydrogen (secondary N) is 2. The second-order valence-corrected chi connectivity index (χ2v) is 14.4. The van der Waals surface area contributed by atoms with E-state index in [-0.39, 0.29) is 18.1 Å². The number of rotatable bonds is 10. The van der Waals surface area contributed by atoms with E-state index >= 15 is 0 Å². The molecule has 3 aromatic carbocycles. The maximum absolute atomic E-state index is 11.4. The third kappa shape index (κ3) is 6.97. The van der Waals surface area contributed by atoms with Crippen LogP contribution in [-0.4, -0.2) is 61.3 Å². The molecule has 4 heterocycles. The molecule has 11 nitrogen and oxygen atoms in total. The Balaban J connectivity index is 1.05. The van der Waals surface area contributed by atoms with E-state index in [1.54, 1.807) is 6.20 Å². The standard InChI is InChI=1S/C42H41N7O4/c1-24-33(5-3-7-35(24)41-48-37-17-26(15-30(19-43)39(37)53-41)20-45-31-10-9-29(18-31)42(51)52)34-6-4-8-36(25(34)2)47-40-38-28(11-13-44-40)16-27(21-46-38)22-49-14-12-32(50)23-49/h3-8,11,13,15-17,21,29,31-32,45,50H,9-10,12,14,18,20,22-23H2,1-2H3,(H,44,47)(H,51,52)/t29-,31+,32-/m1/s1. The zero-order valence-corrected chi connectivity index (χ0v) is 29.8. The van der Waals surface area contributed by atoms with Crippen molar-refractivity contribution in [1.29, 1.82) is 5.26 Å². The van der Waals surface area contributed by atoms with Crippen LogP contribution in [-0.2, 0) is 17.9 Å². The fraction of sp³-hybridized carbons (Fsp3) is 0.310. The molecule has 4 N–H and O–H groups in total. The molecule has 1 aliphatic carbocycles. The molecule has 6 aromatic rings. The normalized spacial score (nSPS) is 18.9. The SMILES string of the molecule is Cc1c(Nc2nccc3cc(CN4CC[C@@H](O)C4)cnc23)cccc1-c1cccc(-c2nc3cc(CN[C@H]4CC[C@@H](C(=O)O)C4)cc(C#N)c3o2)c1C. The second-order valence-electron chi connectivity index (χ2n) is 14.4. The Labute approximate surface area is 307 Å². The van der Waals surface area contributed by atoms with Crippen LogP contribution >= 0.6 is 0 Å². The second kappa shape index (κ2) is 14.4. The number of nitrogens with zero attached hydrogens (tertiary/aromatic N) is 5. The number of likely N-dealkylation sites (tertiary alicyclic amines) is 1. The van der Waals surface area contributed by atoms with Crippen LogP contribution in [0.2, 0.25) is 0 Å². The Morgan fingerprint density at radius 3 is 2.58 bits per heavy atom. The quantitative estimate of drug-likeness (QED) is 0.114. The smallest absolute Gasteiger partial charge is 0.306 e. The number of benzene rings is 3. The van der Waals surface area contributed by atoms with Crippen LogP contribution in [0.4, 0.5) is 11.5 Å². The van der Waals surface area contributed by atoms with E-state index in [9.17, 15) is 20.3 Å². The first kappa shape index (κ1) is 34.4. The number of anilines is 2. The Hall–Kier alpha value is -5.67. The van der Waals surface area contributed by atoms with Crippen molar-refractivity contribution >= 4 is 39.5 Å². The van der Waals surface area contributed by atoms with E-state index in [1.165, 1.54) is 0 Å². The van der Waals surface area contributed by atoms with Gasteiger partial charge in [-0.15, -0.1) is 0 Å². The van der Waals surface area contributed by atoms with Crippen molar-refractivity contribution in [3.8, 4) is 28.7 Å². The molecule has 0 spiro atoms. The van der Waals surface area contributed by atoms with Gasteiger partial charge in [-0.05, 0) is 109 Å². The summed E-state index contributed by atoms with van der Waals surface area (Å²) in [6.45, 7) is 6.99. The summed E-state index contributed by atoms with van der Waals surface area (Å²) in [5, 5.41) is 37.3. The van der Waals surface area contributed by atoms with Gasteiger partial charge in [-0.1, -0.05) is 24.3 Å². The number of carboxylic acids is 1. The summed E-state index contributed by atoms with van der Waals surface area (Å²) in [6, 6.07) is 22.5. The summed E-state index contributed by atoms with van der Waals surface area (Å²) in [5.74, 6) is 0.0786. The first-order valence-corrected chi connectivity index (χ1v) is 18.1. The lowest BCUT2D eigenvalue weighted by Gasteiger charge is -2.17. The largest absolute Gasteiger partial charge is 0.481 e. The summed E-state index contributed by atoms with van der Waals surface area (Å²) in [7, 11) is 0. The molecule has 0 bridgehead atoms. The summed E-state index contributed by atoms with van der Waals surface area (Å²) in [4.78, 5) is 28.0. The average molecular weight is 708 g/mol. The molecular formula is C42H41N7O4. The lowest BCUT2D eigenvalue weighted by Crippen LogP contribution is -2.26. The maximum atomic E-state index is 11.4. The minimum absolute atomic E-state index is 0.127. The van der Waals surface area contributed by atoms with Gasteiger partial charge in [-0.25, -0.2) is 9.97 Å².